The highest BCUT2D eigenvalue weighted by molar-refractivity contribution is 5.94. The van der Waals surface area contributed by atoms with Crippen LogP contribution in [0.1, 0.15) is 81.5 Å². The Hall–Kier alpha value is -2.09. The number of hydrogen-bond donors (Lipinski definition) is 0. The highest BCUT2D eigenvalue weighted by Crippen LogP contribution is 2.30. The van der Waals surface area contributed by atoms with Gasteiger partial charge in [-0.05, 0) is 65.7 Å². The van der Waals surface area contributed by atoms with Crippen LogP contribution in [0.4, 0.5) is 4.79 Å². The number of amides is 2. The van der Waals surface area contributed by atoms with Crippen LogP contribution in [0.5, 0.6) is 0 Å². The number of hydrogen-bond acceptors (Lipinski definition) is 5. The number of piperidine rings is 1. The van der Waals surface area contributed by atoms with Crippen LogP contribution < -0.4 is 0 Å². The Morgan fingerprint density at radius 1 is 1.00 bits per heavy atom. The Kier molecular flexibility index (Phi) is 7.31. The fourth-order valence-electron chi connectivity index (χ4n) is 5.39. The second kappa shape index (κ2) is 10.0. The maximum Gasteiger partial charge on any atom is 0.410 e. The summed E-state index contributed by atoms with van der Waals surface area (Å²) in [7, 11) is 0. The van der Waals surface area contributed by atoms with Gasteiger partial charge < -0.3 is 14.5 Å². The first-order valence-corrected chi connectivity index (χ1v) is 12.9. The standard InChI is InChI=1S/C25H41N5O3/c1-5-11-30-21-10-9-19(27-14-16-29(17-15-27)24(32)33-25(2,3)4)18-20(21)22(26-30)23(31)28-12-7-6-8-13-28/h19H,5-18H2,1-4H3. The molecule has 184 valence electrons. The number of piperazine rings is 1. The van der Waals surface area contributed by atoms with Gasteiger partial charge in [0, 0.05) is 63.1 Å². The summed E-state index contributed by atoms with van der Waals surface area (Å²) in [5.74, 6) is 0.121. The Morgan fingerprint density at radius 2 is 1.70 bits per heavy atom. The Balaban J connectivity index is 1.44. The summed E-state index contributed by atoms with van der Waals surface area (Å²) >= 11 is 0. The molecule has 2 aliphatic heterocycles. The number of rotatable bonds is 4. The molecule has 1 aliphatic carbocycles. The van der Waals surface area contributed by atoms with Gasteiger partial charge in [0.2, 0.25) is 0 Å². The highest BCUT2D eigenvalue weighted by atomic mass is 16.6. The average Bonchev–Trinajstić information content (AvgIpc) is 3.16. The first kappa shape index (κ1) is 24.0. The summed E-state index contributed by atoms with van der Waals surface area (Å²) in [4.78, 5) is 32.1. The van der Waals surface area contributed by atoms with E-state index in [1.165, 1.54) is 17.7 Å². The first-order chi connectivity index (χ1) is 15.8. The van der Waals surface area contributed by atoms with Gasteiger partial charge in [-0.2, -0.15) is 5.10 Å². The minimum absolute atomic E-state index is 0.121. The van der Waals surface area contributed by atoms with Crippen LogP contribution >= 0.6 is 0 Å². The van der Waals surface area contributed by atoms with E-state index in [-0.39, 0.29) is 12.0 Å². The van der Waals surface area contributed by atoms with Gasteiger partial charge in [0.15, 0.2) is 5.69 Å². The molecule has 0 spiro atoms. The zero-order valence-corrected chi connectivity index (χ0v) is 20.9. The third kappa shape index (κ3) is 5.53. The second-order valence-corrected chi connectivity index (χ2v) is 10.7. The number of aryl methyl sites for hydroxylation is 1. The van der Waals surface area contributed by atoms with E-state index in [4.69, 9.17) is 9.84 Å². The lowest BCUT2D eigenvalue weighted by Gasteiger charge is -2.41. The number of fused-ring (bicyclic) bond motifs is 1. The normalized spacial score (nSPS) is 22.2. The van der Waals surface area contributed by atoms with Crippen molar-refractivity contribution < 1.29 is 14.3 Å². The number of carbonyl (C=O) groups is 2. The zero-order valence-electron chi connectivity index (χ0n) is 20.9. The largest absolute Gasteiger partial charge is 0.444 e. The monoisotopic (exact) mass is 459 g/mol. The molecule has 0 aromatic carbocycles. The molecule has 1 aromatic rings. The molecular weight excluding hydrogens is 418 g/mol. The van der Waals surface area contributed by atoms with E-state index in [9.17, 15) is 9.59 Å². The van der Waals surface area contributed by atoms with Crippen molar-refractivity contribution in [2.24, 2.45) is 0 Å². The van der Waals surface area contributed by atoms with Crippen molar-refractivity contribution in [3.8, 4) is 0 Å². The van der Waals surface area contributed by atoms with E-state index in [1.807, 2.05) is 30.6 Å². The molecule has 33 heavy (non-hydrogen) atoms. The summed E-state index contributed by atoms with van der Waals surface area (Å²) < 4.78 is 7.65. The van der Waals surface area contributed by atoms with Crippen molar-refractivity contribution in [3.05, 3.63) is 17.0 Å². The molecule has 8 nitrogen and oxygen atoms in total. The number of carbonyl (C=O) groups excluding carboxylic acids is 2. The Bertz CT molecular complexity index is 845. The van der Waals surface area contributed by atoms with Gasteiger partial charge in [0.25, 0.3) is 5.91 Å². The number of ether oxygens (including phenoxy) is 1. The van der Waals surface area contributed by atoms with Crippen molar-refractivity contribution in [1.82, 2.24) is 24.5 Å². The molecular formula is C25H41N5O3. The van der Waals surface area contributed by atoms with Crippen LogP contribution in [0.3, 0.4) is 0 Å². The van der Waals surface area contributed by atoms with E-state index < -0.39 is 5.60 Å². The quantitative estimate of drug-likeness (QED) is 0.691. The minimum Gasteiger partial charge on any atom is -0.444 e. The molecule has 0 radical (unpaired) electrons. The highest BCUT2D eigenvalue weighted by Gasteiger charge is 2.35. The smallest absolute Gasteiger partial charge is 0.410 e. The summed E-state index contributed by atoms with van der Waals surface area (Å²) in [6.07, 6.45) is 7.11. The Morgan fingerprint density at radius 3 is 2.33 bits per heavy atom. The predicted octanol–water partition coefficient (Wildman–Crippen LogP) is 3.33. The SMILES string of the molecule is CCCn1nc(C(=O)N2CCCCC2)c2c1CCC(N1CCN(C(=O)OC(C)(C)C)CC1)C2. The van der Waals surface area contributed by atoms with E-state index in [0.29, 0.717) is 24.8 Å². The van der Waals surface area contributed by atoms with Gasteiger partial charge in [-0.25, -0.2) is 4.79 Å². The zero-order chi connectivity index (χ0) is 23.6. The lowest BCUT2D eigenvalue weighted by Crippen LogP contribution is -2.54. The van der Waals surface area contributed by atoms with Crippen LogP contribution in [0.15, 0.2) is 0 Å². The fourth-order valence-corrected chi connectivity index (χ4v) is 5.39. The van der Waals surface area contributed by atoms with Crippen LogP contribution in [-0.2, 0) is 24.1 Å². The van der Waals surface area contributed by atoms with Gasteiger partial charge in [-0.3, -0.25) is 14.4 Å². The number of nitrogens with zero attached hydrogens (tertiary/aromatic N) is 5. The first-order valence-electron chi connectivity index (χ1n) is 12.9. The molecule has 2 fully saturated rings. The van der Waals surface area contributed by atoms with Crippen molar-refractivity contribution >= 4 is 12.0 Å². The van der Waals surface area contributed by atoms with E-state index in [0.717, 1.165) is 71.2 Å². The van der Waals surface area contributed by atoms with Crippen molar-refractivity contribution in [1.29, 1.82) is 0 Å². The predicted molar refractivity (Wildman–Crippen MR) is 127 cm³/mol. The molecule has 1 aromatic heterocycles. The molecule has 1 unspecified atom stereocenters. The second-order valence-electron chi connectivity index (χ2n) is 10.7. The van der Waals surface area contributed by atoms with Gasteiger partial charge in [0.1, 0.15) is 5.60 Å². The molecule has 2 saturated heterocycles. The third-order valence-electron chi connectivity index (χ3n) is 7.08. The maximum absolute atomic E-state index is 13.4. The van der Waals surface area contributed by atoms with E-state index in [1.54, 1.807) is 0 Å². The van der Waals surface area contributed by atoms with E-state index >= 15 is 0 Å². The lowest BCUT2D eigenvalue weighted by atomic mass is 9.89. The fraction of sp³-hybridized carbons (Fsp3) is 0.800. The molecule has 8 heteroatoms. The van der Waals surface area contributed by atoms with Crippen LogP contribution in [0.25, 0.3) is 0 Å². The van der Waals surface area contributed by atoms with E-state index in [2.05, 4.69) is 16.5 Å². The van der Waals surface area contributed by atoms with Gasteiger partial charge in [0.05, 0.1) is 0 Å². The molecule has 2 amide bonds. The van der Waals surface area contributed by atoms with Crippen molar-refractivity contribution in [2.45, 2.75) is 90.8 Å². The topological polar surface area (TPSA) is 70.9 Å². The van der Waals surface area contributed by atoms with Crippen LogP contribution in [0.2, 0.25) is 0 Å². The van der Waals surface area contributed by atoms with Gasteiger partial charge in [-0.1, -0.05) is 6.92 Å². The Labute approximate surface area is 198 Å². The third-order valence-corrected chi connectivity index (χ3v) is 7.08. The summed E-state index contributed by atoms with van der Waals surface area (Å²) in [6, 6.07) is 0.394. The van der Waals surface area contributed by atoms with Gasteiger partial charge in [-0.15, -0.1) is 0 Å². The number of likely N-dealkylation sites (tertiary alicyclic amines) is 1. The average molecular weight is 460 g/mol. The van der Waals surface area contributed by atoms with Crippen LogP contribution in [-0.4, -0.2) is 87.4 Å². The molecule has 3 heterocycles. The summed E-state index contributed by atoms with van der Waals surface area (Å²) in [5.41, 5.74) is 2.66. The van der Waals surface area contributed by atoms with Crippen molar-refractivity contribution in [2.75, 3.05) is 39.3 Å². The minimum atomic E-state index is -0.468. The van der Waals surface area contributed by atoms with Gasteiger partial charge >= 0.3 is 6.09 Å². The maximum atomic E-state index is 13.4. The number of aromatic nitrogens is 2. The molecule has 3 aliphatic rings. The molecule has 1 atom stereocenters. The summed E-state index contributed by atoms with van der Waals surface area (Å²) in [6.45, 7) is 13.5. The lowest BCUT2D eigenvalue weighted by molar-refractivity contribution is 0.00950. The molecule has 0 bridgehead atoms. The van der Waals surface area contributed by atoms with Crippen LogP contribution in [0, 0.1) is 0 Å². The molecule has 0 N–H and O–H groups in total. The summed E-state index contributed by atoms with van der Waals surface area (Å²) in [5, 5.41) is 4.84. The van der Waals surface area contributed by atoms with Crippen molar-refractivity contribution in [3.63, 3.8) is 0 Å². The molecule has 4 rings (SSSR count). The molecule has 0 saturated carbocycles.